The molecule has 0 aromatic heterocycles. The van der Waals surface area contributed by atoms with E-state index >= 15 is 0 Å². The van der Waals surface area contributed by atoms with Crippen molar-refractivity contribution in [3.05, 3.63) is 0 Å². The molecule has 0 aliphatic carbocycles. The lowest BCUT2D eigenvalue weighted by atomic mass is 10.1. The molecule has 7 heteroatoms. The molecule has 0 fully saturated rings. The minimum absolute atomic E-state index is 0.185. The number of halogens is 3. The molecule has 0 saturated heterocycles. The zero-order valence-electron chi connectivity index (χ0n) is 12.0. The van der Waals surface area contributed by atoms with Crippen LogP contribution < -0.4 is 0 Å². The highest BCUT2D eigenvalue weighted by atomic mass is 19.4. The number of hydrogen-bond acceptors (Lipinski definition) is 4. The summed E-state index contributed by atoms with van der Waals surface area (Å²) >= 11 is 0. The SMILES string of the molecule is CCOC(CN(CC)CC(C)(O)C(F)(F)F)OCC. The summed E-state index contributed by atoms with van der Waals surface area (Å²) in [7, 11) is 0. The number of likely N-dealkylation sites (N-methyl/N-ethyl adjacent to an activating group) is 1. The Morgan fingerprint density at radius 1 is 1.11 bits per heavy atom. The van der Waals surface area contributed by atoms with Gasteiger partial charge in [-0.1, -0.05) is 6.92 Å². The fourth-order valence-corrected chi connectivity index (χ4v) is 1.57. The van der Waals surface area contributed by atoms with Crippen molar-refractivity contribution in [1.29, 1.82) is 0 Å². The van der Waals surface area contributed by atoms with Crippen LogP contribution in [0.1, 0.15) is 27.7 Å². The predicted molar refractivity (Wildman–Crippen MR) is 65.8 cm³/mol. The van der Waals surface area contributed by atoms with Gasteiger partial charge in [-0.25, -0.2) is 0 Å². The van der Waals surface area contributed by atoms with E-state index in [0.717, 1.165) is 6.92 Å². The van der Waals surface area contributed by atoms with Crippen molar-refractivity contribution in [3.8, 4) is 0 Å². The standard InChI is InChI=1S/C12H24F3NO3/c1-5-16(8-10(18-6-2)19-7-3)9-11(4,17)12(13,14)15/h10,17H,5-9H2,1-4H3. The van der Waals surface area contributed by atoms with Crippen molar-refractivity contribution >= 4 is 0 Å². The van der Waals surface area contributed by atoms with E-state index in [1.54, 1.807) is 20.8 Å². The van der Waals surface area contributed by atoms with Gasteiger partial charge in [0.25, 0.3) is 0 Å². The molecule has 0 heterocycles. The maximum absolute atomic E-state index is 12.6. The highest BCUT2D eigenvalue weighted by molar-refractivity contribution is 4.85. The van der Waals surface area contributed by atoms with Gasteiger partial charge in [0.05, 0.1) is 0 Å². The lowest BCUT2D eigenvalue weighted by Crippen LogP contribution is -2.52. The first-order chi connectivity index (χ1) is 8.67. The molecule has 1 atom stereocenters. The van der Waals surface area contributed by atoms with Gasteiger partial charge in [-0.2, -0.15) is 13.2 Å². The van der Waals surface area contributed by atoms with Crippen LogP contribution in [0.5, 0.6) is 0 Å². The Morgan fingerprint density at radius 3 is 1.89 bits per heavy atom. The van der Waals surface area contributed by atoms with Crippen LogP contribution in [0.2, 0.25) is 0 Å². The number of alkyl halides is 3. The zero-order chi connectivity index (χ0) is 15.1. The lowest BCUT2D eigenvalue weighted by molar-refractivity contribution is -0.260. The van der Waals surface area contributed by atoms with E-state index < -0.39 is 24.6 Å². The molecule has 0 rings (SSSR count). The van der Waals surface area contributed by atoms with Crippen molar-refractivity contribution in [3.63, 3.8) is 0 Å². The van der Waals surface area contributed by atoms with Gasteiger partial charge >= 0.3 is 6.18 Å². The minimum Gasteiger partial charge on any atom is -0.380 e. The topological polar surface area (TPSA) is 41.9 Å². The second kappa shape index (κ2) is 8.04. The van der Waals surface area contributed by atoms with Gasteiger partial charge in [-0.15, -0.1) is 0 Å². The average Bonchev–Trinajstić information content (AvgIpc) is 2.26. The highest BCUT2D eigenvalue weighted by Gasteiger charge is 2.50. The van der Waals surface area contributed by atoms with E-state index in [9.17, 15) is 18.3 Å². The van der Waals surface area contributed by atoms with Crippen LogP contribution in [0, 0.1) is 0 Å². The Bertz CT molecular complexity index is 241. The van der Waals surface area contributed by atoms with E-state index in [2.05, 4.69) is 0 Å². The number of ether oxygens (including phenoxy) is 2. The molecule has 1 N–H and O–H groups in total. The van der Waals surface area contributed by atoms with Gasteiger partial charge in [-0.05, 0) is 27.3 Å². The zero-order valence-corrected chi connectivity index (χ0v) is 12.0. The first-order valence-corrected chi connectivity index (χ1v) is 6.42. The normalized spacial score (nSPS) is 16.1. The lowest BCUT2D eigenvalue weighted by Gasteiger charge is -2.34. The van der Waals surface area contributed by atoms with Crippen LogP contribution in [-0.4, -0.2) is 60.9 Å². The third-order valence-corrected chi connectivity index (χ3v) is 2.70. The smallest absolute Gasteiger partial charge is 0.380 e. The molecule has 116 valence electrons. The second-order valence-corrected chi connectivity index (χ2v) is 4.44. The maximum Gasteiger partial charge on any atom is 0.418 e. The molecule has 4 nitrogen and oxygen atoms in total. The van der Waals surface area contributed by atoms with Crippen LogP contribution in [0.15, 0.2) is 0 Å². The fraction of sp³-hybridized carbons (Fsp3) is 1.00. The van der Waals surface area contributed by atoms with E-state index in [1.165, 1.54) is 4.90 Å². The number of nitrogens with zero attached hydrogens (tertiary/aromatic N) is 1. The van der Waals surface area contributed by atoms with Crippen molar-refractivity contribution in [2.75, 3.05) is 32.8 Å². The number of aliphatic hydroxyl groups is 1. The summed E-state index contributed by atoms with van der Waals surface area (Å²) in [6, 6.07) is 0. The molecule has 0 bridgehead atoms. The fourth-order valence-electron chi connectivity index (χ4n) is 1.57. The van der Waals surface area contributed by atoms with Crippen LogP contribution in [0.25, 0.3) is 0 Å². The molecule has 0 spiro atoms. The molecule has 19 heavy (non-hydrogen) atoms. The van der Waals surface area contributed by atoms with Gasteiger partial charge < -0.3 is 14.6 Å². The van der Waals surface area contributed by atoms with Crippen molar-refractivity contribution in [2.24, 2.45) is 0 Å². The quantitative estimate of drug-likeness (QED) is 0.659. The molecule has 0 amide bonds. The predicted octanol–water partition coefficient (Wildman–Crippen LogP) is 2.02. The first-order valence-electron chi connectivity index (χ1n) is 6.42. The first kappa shape index (κ1) is 18.6. The molecule has 1 unspecified atom stereocenters. The van der Waals surface area contributed by atoms with E-state index in [-0.39, 0.29) is 6.54 Å². The number of hydrogen-bond donors (Lipinski definition) is 1. The summed E-state index contributed by atoms with van der Waals surface area (Å²) in [5.74, 6) is 0. The largest absolute Gasteiger partial charge is 0.418 e. The third kappa shape index (κ3) is 6.56. The van der Waals surface area contributed by atoms with Crippen LogP contribution in [0.4, 0.5) is 13.2 Å². The average molecular weight is 287 g/mol. The Balaban J connectivity index is 4.56. The summed E-state index contributed by atoms with van der Waals surface area (Å²) in [4.78, 5) is 1.46. The van der Waals surface area contributed by atoms with E-state index in [4.69, 9.17) is 9.47 Å². The summed E-state index contributed by atoms with van der Waals surface area (Å²) < 4.78 is 48.4. The maximum atomic E-state index is 12.6. The molecule has 0 aromatic carbocycles. The summed E-state index contributed by atoms with van der Waals surface area (Å²) in [6.07, 6.45) is -5.24. The van der Waals surface area contributed by atoms with Crippen LogP contribution in [0.3, 0.4) is 0 Å². The Hall–Kier alpha value is -0.370. The molecule has 0 aromatic rings. The van der Waals surface area contributed by atoms with Gasteiger partial charge in [0.15, 0.2) is 11.9 Å². The Labute approximate surface area is 112 Å². The van der Waals surface area contributed by atoms with Crippen LogP contribution >= 0.6 is 0 Å². The van der Waals surface area contributed by atoms with Crippen molar-refractivity contribution in [1.82, 2.24) is 4.90 Å². The number of rotatable bonds is 9. The Morgan fingerprint density at radius 2 is 1.58 bits per heavy atom. The molecule has 0 radical (unpaired) electrons. The molecular weight excluding hydrogens is 263 g/mol. The highest BCUT2D eigenvalue weighted by Crippen LogP contribution is 2.30. The molecular formula is C12H24F3NO3. The van der Waals surface area contributed by atoms with Gasteiger partial charge in [0.1, 0.15) is 0 Å². The van der Waals surface area contributed by atoms with Crippen molar-refractivity contribution < 1.29 is 27.8 Å². The van der Waals surface area contributed by atoms with Gasteiger partial charge in [0.2, 0.25) is 0 Å². The summed E-state index contributed by atoms with van der Waals surface area (Å²) in [5, 5.41) is 9.48. The monoisotopic (exact) mass is 287 g/mol. The summed E-state index contributed by atoms with van der Waals surface area (Å²) in [5.41, 5.74) is -2.74. The Kier molecular flexibility index (Phi) is 7.88. The minimum atomic E-state index is -4.66. The molecule has 0 aliphatic heterocycles. The van der Waals surface area contributed by atoms with E-state index in [1.807, 2.05) is 0 Å². The van der Waals surface area contributed by atoms with Gasteiger partial charge in [-0.3, -0.25) is 4.90 Å². The van der Waals surface area contributed by atoms with Crippen LogP contribution in [-0.2, 0) is 9.47 Å². The van der Waals surface area contributed by atoms with Crippen molar-refractivity contribution in [2.45, 2.75) is 45.8 Å². The third-order valence-electron chi connectivity index (χ3n) is 2.70. The van der Waals surface area contributed by atoms with E-state index in [0.29, 0.717) is 19.8 Å². The summed E-state index contributed by atoms with van der Waals surface area (Å²) in [6.45, 7) is 6.93. The second-order valence-electron chi connectivity index (χ2n) is 4.44. The van der Waals surface area contributed by atoms with Gasteiger partial charge in [0, 0.05) is 26.3 Å². The molecule has 0 aliphatic rings. The molecule has 0 saturated carbocycles.